The Labute approximate surface area is 156 Å². The summed E-state index contributed by atoms with van der Waals surface area (Å²) in [7, 11) is -3.96. The summed E-state index contributed by atoms with van der Waals surface area (Å²) in [6, 6.07) is 17.2. The van der Waals surface area contributed by atoms with Gasteiger partial charge in [0.05, 0.1) is 40.6 Å². The maximum atomic E-state index is 12.6. The van der Waals surface area contributed by atoms with Crippen molar-refractivity contribution in [3.8, 4) is 6.07 Å². The molecule has 0 spiro atoms. The van der Waals surface area contributed by atoms with Crippen molar-refractivity contribution >= 4 is 21.6 Å². The first-order chi connectivity index (χ1) is 13.0. The maximum Gasteiger partial charge on any atom is 0.261 e. The number of carbonyl (C=O) groups excluding carboxylic acids is 1. The summed E-state index contributed by atoms with van der Waals surface area (Å²) in [5.41, 5.74) is 0.531. The Bertz CT molecular complexity index is 1100. The van der Waals surface area contributed by atoms with Crippen LogP contribution < -0.4 is 10.0 Å². The molecule has 0 atom stereocenters. The highest BCUT2D eigenvalue weighted by Gasteiger charge is 2.19. The van der Waals surface area contributed by atoms with Crippen LogP contribution >= 0.6 is 0 Å². The molecule has 3 aromatic rings. The molecule has 0 saturated carbocycles. The van der Waals surface area contributed by atoms with Gasteiger partial charge in [-0.05, 0) is 42.5 Å². The molecule has 1 heterocycles. The van der Waals surface area contributed by atoms with Crippen molar-refractivity contribution in [2.75, 3.05) is 4.72 Å². The highest BCUT2D eigenvalue weighted by Crippen LogP contribution is 2.21. The third-order valence-electron chi connectivity index (χ3n) is 3.69. The number of nitriles is 1. The van der Waals surface area contributed by atoms with Crippen molar-refractivity contribution in [1.82, 2.24) is 5.32 Å². The Kier molecular flexibility index (Phi) is 5.24. The van der Waals surface area contributed by atoms with Crippen LogP contribution in [0.15, 0.2) is 76.2 Å². The second-order valence-corrected chi connectivity index (χ2v) is 7.24. The third-order valence-corrected chi connectivity index (χ3v) is 5.06. The Morgan fingerprint density at radius 3 is 2.63 bits per heavy atom. The number of benzene rings is 2. The van der Waals surface area contributed by atoms with Gasteiger partial charge in [0.2, 0.25) is 0 Å². The van der Waals surface area contributed by atoms with Crippen molar-refractivity contribution in [2.24, 2.45) is 0 Å². The normalized spacial score (nSPS) is 10.8. The van der Waals surface area contributed by atoms with E-state index in [1.807, 2.05) is 6.07 Å². The van der Waals surface area contributed by atoms with Gasteiger partial charge < -0.3 is 9.73 Å². The number of nitrogens with one attached hydrogen (secondary N) is 2. The summed E-state index contributed by atoms with van der Waals surface area (Å²) in [6.07, 6.45) is 1.50. The minimum Gasteiger partial charge on any atom is -0.467 e. The van der Waals surface area contributed by atoms with Crippen molar-refractivity contribution in [3.63, 3.8) is 0 Å². The second-order valence-electron chi connectivity index (χ2n) is 5.55. The predicted molar refractivity (Wildman–Crippen MR) is 98.3 cm³/mol. The lowest BCUT2D eigenvalue weighted by molar-refractivity contribution is 0.0949. The van der Waals surface area contributed by atoms with E-state index in [2.05, 4.69) is 10.0 Å². The molecule has 0 saturated heterocycles. The van der Waals surface area contributed by atoms with Gasteiger partial charge >= 0.3 is 0 Å². The van der Waals surface area contributed by atoms with Gasteiger partial charge in [0.15, 0.2) is 0 Å². The molecule has 2 N–H and O–H groups in total. The lowest BCUT2D eigenvalue weighted by Gasteiger charge is -2.12. The highest BCUT2D eigenvalue weighted by atomic mass is 32.2. The summed E-state index contributed by atoms with van der Waals surface area (Å²) in [5.74, 6) is 0.130. The van der Waals surface area contributed by atoms with Crippen LogP contribution in [0.5, 0.6) is 0 Å². The van der Waals surface area contributed by atoms with Crippen molar-refractivity contribution in [1.29, 1.82) is 5.26 Å². The molecule has 136 valence electrons. The van der Waals surface area contributed by atoms with E-state index in [9.17, 15) is 13.2 Å². The first-order valence-corrected chi connectivity index (χ1v) is 9.40. The molecular formula is C19H15N3O4S. The van der Waals surface area contributed by atoms with Gasteiger partial charge in [-0.3, -0.25) is 9.52 Å². The van der Waals surface area contributed by atoms with Crippen LogP contribution in [-0.2, 0) is 16.6 Å². The monoisotopic (exact) mass is 381 g/mol. The van der Waals surface area contributed by atoms with Gasteiger partial charge in [-0.25, -0.2) is 8.42 Å². The molecule has 3 rings (SSSR count). The molecule has 0 aliphatic heterocycles. The first-order valence-electron chi connectivity index (χ1n) is 7.92. The van der Waals surface area contributed by atoms with Gasteiger partial charge in [-0.2, -0.15) is 5.26 Å². The Morgan fingerprint density at radius 1 is 1.07 bits per heavy atom. The molecule has 0 radical (unpaired) electrons. The van der Waals surface area contributed by atoms with Crippen LogP contribution in [0.3, 0.4) is 0 Å². The van der Waals surface area contributed by atoms with E-state index in [-0.39, 0.29) is 28.3 Å². The molecule has 0 bridgehead atoms. The van der Waals surface area contributed by atoms with Gasteiger partial charge in [0, 0.05) is 0 Å². The average molecular weight is 381 g/mol. The molecule has 2 aromatic carbocycles. The van der Waals surface area contributed by atoms with Crippen LogP contribution in [0.4, 0.5) is 5.69 Å². The fraction of sp³-hybridized carbons (Fsp3) is 0.0526. The van der Waals surface area contributed by atoms with E-state index in [4.69, 9.17) is 9.68 Å². The number of sulfonamides is 1. The zero-order valence-corrected chi connectivity index (χ0v) is 14.9. The van der Waals surface area contributed by atoms with Crippen molar-refractivity contribution in [2.45, 2.75) is 11.4 Å². The number of rotatable bonds is 6. The fourth-order valence-corrected chi connectivity index (χ4v) is 3.51. The van der Waals surface area contributed by atoms with Crippen LogP contribution in [0.2, 0.25) is 0 Å². The lowest BCUT2D eigenvalue weighted by Crippen LogP contribution is -2.24. The molecule has 0 unspecified atom stereocenters. The number of anilines is 1. The van der Waals surface area contributed by atoms with E-state index in [1.54, 1.807) is 24.3 Å². The molecule has 0 fully saturated rings. The van der Waals surface area contributed by atoms with Crippen LogP contribution in [0, 0.1) is 11.3 Å². The quantitative estimate of drug-likeness (QED) is 0.682. The smallest absolute Gasteiger partial charge is 0.261 e. The molecule has 27 heavy (non-hydrogen) atoms. The largest absolute Gasteiger partial charge is 0.467 e. The van der Waals surface area contributed by atoms with E-state index in [1.165, 1.54) is 42.7 Å². The Morgan fingerprint density at radius 2 is 1.89 bits per heavy atom. The van der Waals surface area contributed by atoms with E-state index < -0.39 is 15.9 Å². The first kappa shape index (κ1) is 18.2. The van der Waals surface area contributed by atoms with E-state index in [0.717, 1.165) is 0 Å². The minimum atomic E-state index is -3.96. The van der Waals surface area contributed by atoms with E-state index >= 15 is 0 Å². The average Bonchev–Trinajstić information content (AvgIpc) is 3.20. The fourth-order valence-electron chi connectivity index (χ4n) is 2.38. The van der Waals surface area contributed by atoms with Crippen molar-refractivity contribution < 1.29 is 17.6 Å². The molecule has 0 aliphatic rings. The third kappa shape index (κ3) is 4.34. The second kappa shape index (κ2) is 7.76. The van der Waals surface area contributed by atoms with Gasteiger partial charge in [0.25, 0.3) is 15.9 Å². The van der Waals surface area contributed by atoms with Gasteiger partial charge in [-0.1, -0.05) is 18.2 Å². The maximum absolute atomic E-state index is 12.6. The molecule has 1 aromatic heterocycles. The predicted octanol–water partition coefficient (Wildman–Crippen LogP) is 2.88. The number of nitrogens with zero attached hydrogens (tertiary/aromatic N) is 1. The Hall–Kier alpha value is -3.57. The topological polar surface area (TPSA) is 112 Å². The van der Waals surface area contributed by atoms with Gasteiger partial charge in [0.1, 0.15) is 5.76 Å². The number of amides is 1. The SMILES string of the molecule is N#Cc1cccc(S(=O)(=O)Nc2ccccc2C(=O)NCc2ccco2)c1. The summed E-state index contributed by atoms with van der Waals surface area (Å²) < 4.78 is 32.8. The molecular weight excluding hydrogens is 366 g/mol. The summed E-state index contributed by atoms with van der Waals surface area (Å²) in [5, 5.41) is 11.6. The molecule has 0 aliphatic carbocycles. The number of hydrogen-bond donors (Lipinski definition) is 2. The number of hydrogen-bond acceptors (Lipinski definition) is 5. The molecule has 1 amide bonds. The Balaban J connectivity index is 1.83. The number of carbonyl (C=O) groups is 1. The summed E-state index contributed by atoms with van der Waals surface area (Å²) >= 11 is 0. The lowest BCUT2D eigenvalue weighted by atomic mass is 10.1. The summed E-state index contributed by atoms with van der Waals surface area (Å²) in [4.78, 5) is 12.4. The standard InChI is InChI=1S/C19H15N3O4S/c20-12-14-5-3-7-16(11-14)27(24,25)22-18-9-2-1-8-17(18)19(23)21-13-15-6-4-10-26-15/h1-11,22H,13H2,(H,21,23). The number of para-hydroxylation sites is 1. The zero-order chi connectivity index (χ0) is 19.3. The van der Waals surface area contributed by atoms with Crippen LogP contribution in [0.1, 0.15) is 21.7 Å². The highest BCUT2D eigenvalue weighted by molar-refractivity contribution is 7.92. The van der Waals surface area contributed by atoms with E-state index in [0.29, 0.717) is 5.76 Å². The summed E-state index contributed by atoms with van der Waals surface area (Å²) in [6.45, 7) is 0.178. The van der Waals surface area contributed by atoms with Crippen molar-refractivity contribution in [3.05, 3.63) is 83.8 Å². The number of furan rings is 1. The van der Waals surface area contributed by atoms with Crippen LogP contribution in [-0.4, -0.2) is 14.3 Å². The van der Waals surface area contributed by atoms with Crippen LogP contribution in [0.25, 0.3) is 0 Å². The molecule has 7 nitrogen and oxygen atoms in total. The zero-order valence-electron chi connectivity index (χ0n) is 14.0. The van der Waals surface area contributed by atoms with Gasteiger partial charge in [-0.15, -0.1) is 0 Å². The minimum absolute atomic E-state index is 0.0626. The molecule has 8 heteroatoms.